The smallest absolute Gasteiger partial charge is 0.124 e. The summed E-state index contributed by atoms with van der Waals surface area (Å²) in [7, 11) is 5.32. The fourth-order valence-electron chi connectivity index (χ4n) is 2.38. The zero-order valence-electron chi connectivity index (χ0n) is 12.3. The largest absolute Gasteiger partial charge is 0.496 e. The van der Waals surface area contributed by atoms with Crippen LogP contribution >= 0.6 is 0 Å². The molecule has 0 aliphatic heterocycles. The molecule has 20 heavy (non-hydrogen) atoms. The Balaban J connectivity index is 2.51. The molecule has 0 fully saturated rings. The minimum absolute atomic E-state index is 0.168. The molecule has 0 radical (unpaired) electrons. The molecule has 2 aromatic rings. The van der Waals surface area contributed by atoms with Crippen molar-refractivity contribution in [2.45, 2.75) is 19.4 Å². The average molecular weight is 277 g/mol. The zero-order valence-corrected chi connectivity index (χ0v) is 12.3. The molecule has 108 valence electrons. The summed E-state index contributed by atoms with van der Waals surface area (Å²) in [6, 6.07) is 6.41. The van der Waals surface area contributed by atoms with E-state index in [0.29, 0.717) is 5.75 Å². The van der Waals surface area contributed by atoms with E-state index in [0.717, 1.165) is 23.4 Å². The molecule has 1 aromatic heterocycles. The zero-order chi connectivity index (χ0) is 14.7. The van der Waals surface area contributed by atoms with Crippen LogP contribution in [0.2, 0.25) is 0 Å². The van der Waals surface area contributed by atoms with Gasteiger partial charge in [0.1, 0.15) is 11.6 Å². The first-order valence-electron chi connectivity index (χ1n) is 6.64. The van der Waals surface area contributed by atoms with E-state index >= 15 is 0 Å². The topological polar surface area (TPSA) is 39.1 Å². The van der Waals surface area contributed by atoms with E-state index in [1.54, 1.807) is 13.2 Å². The maximum absolute atomic E-state index is 13.6. The molecule has 1 aromatic carbocycles. The van der Waals surface area contributed by atoms with E-state index in [9.17, 15) is 4.39 Å². The number of halogens is 1. The first-order valence-corrected chi connectivity index (χ1v) is 6.64. The summed E-state index contributed by atoms with van der Waals surface area (Å²) in [6.45, 7) is 2.06. The molecule has 0 bridgehead atoms. The number of benzene rings is 1. The van der Waals surface area contributed by atoms with Crippen LogP contribution in [0.5, 0.6) is 5.75 Å². The Labute approximate surface area is 118 Å². The Morgan fingerprint density at radius 3 is 2.70 bits per heavy atom. The molecule has 0 saturated heterocycles. The fourth-order valence-corrected chi connectivity index (χ4v) is 2.38. The van der Waals surface area contributed by atoms with Crippen LogP contribution in [0, 0.1) is 5.82 Å². The van der Waals surface area contributed by atoms with E-state index in [-0.39, 0.29) is 11.9 Å². The minimum Gasteiger partial charge on any atom is -0.496 e. The number of aromatic nitrogens is 2. The van der Waals surface area contributed by atoms with Crippen LogP contribution < -0.4 is 10.1 Å². The normalized spacial score (nSPS) is 12.4. The van der Waals surface area contributed by atoms with Gasteiger partial charge in [-0.2, -0.15) is 5.10 Å². The molecule has 1 heterocycles. The van der Waals surface area contributed by atoms with Gasteiger partial charge in [0.15, 0.2) is 0 Å². The van der Waals surface area contributed by atoms with Crippen LogP contribution in [0.25, 0.3) is 0 Å². The van der Waals surface area contributed by atoms with E-state index in [1.807, 2.05) is 24.8 Å². The number of hydrogen-bond acceptors (Lipinski definition) is 3. The lowest BCUT2D eigenvalue weighted by Crippen LogP contribution is -2.21. The fraction of sp³-hybridized carbons (Fsp3) is 0.400. The Kier molecular flexibility index (Phi) is 4.39. The quantitative estimate of drug-likeness (QED) is 0.912. The van der Waals surface area contributed by atoms with Gasteiger partial charge in [-0.1, -0.05) is 6.92 Å². The summed E-state index contributed by atoms with van der Waals surface area (Å²) in [5, 5.41) is 7.65. The highest BCUT2D eigenvalue weighted by Gasteiger charge is 2.21. The summed E-state index contributed by atoms with van der Waals surface area (Å²) < 4.78 is 20.7. The highest BCUT2D eigenvalue weighted by atomic mass is 19.1. The van der Waals surface area contributed by atoms with Crippen molar-refractivity contribution in [2.75, 3.05) is 14.2 Å². The number of nitrogens with zero attached hydrogens (tertiary/aromatic N) is 2. The Morgan fingerprint density at radius 2 is 2.15 bits per heavy atom. The highest BCUT2D eigenvalue weighted by Crippen LogP contribution is 2.30. The van der Waals surface area contributed by atoms with Crippen molar-refractivity contribution in [1.29, 1.82) is 0 Å². The van der Waals surface area contributed by atoms with Crippen LogP contribution in [0.1, 0.15) is 29.9 Å². The predicted octanol–water partition coefficient (Wildman–Crippen LogP) is 2.44. The van der Waals surface area contributed by atoms with Crippen LogP contribution in [-0.2, 0) is 13.5 Å². The molecular formula is C15H20FN3O. The standard InChI is InChI=1S/C15H20FN3O/c1-5-11-9-13(19(3)18-11)15(17-2)12-8-10(16)6-7-14(12)20-4/h6-9,15,17H,5H2,1-4H3. The lowest BCUT2D eigenvalue weighted by Gasteiger charge is -2.19. The van der Waals surface area contributed by atoms with Gasteiger partial charge in [0.05, 0.1) is 24.5 Å². The summed E-state index contributed by atoms with van der Waals surface area (Å²) in [6.07, 6.45) is 0.866. The lowest BCUT2D eigenvalue weighted by atomic mass is 10.0. The van der Waals surface area contributed by atoms with Gasteiger partial charge in [0, 0.05) is 12.6 Å². The van der Waals surface area contributed by atoms with Crippen molar-refractivity contribution in [3.8, 4) is 5.75 Å². The average Bonchev–Trinajstić information content (AvgIpc) is 2.81. The van der Waals surface area contributed by atoms with Crippen molar-refractivity contribution in [2.24, 2.45) is 7.05 Å². The number of hydrogen-bond donors (Lipinski definition) is 1. The van der Waals surface area contributed by atoms with Gasteiger partial charge < -0.3 is 10.1 Å². The van der Waals surface area contributed by atoms with Crippen LogP contribution in [0.3, 0.4) is 0 Å². The first-order chi connectivity index (χ1) is 9.60. The van der Waals surface area contributed by atoms with Crippen LogP contribution in [0.4, 0.5) is 4.39 Å². The minimum atomic E-state index is -0.279. The third-order valence-electron chi connectivity index (χ3n) is 3.42. The molecule has 0 aliphatic carbocycles. The Hall–Kier alpha value is -1.88. The van der Waals surface area contributed by atoms with E-state index < -0.39 is 0 Å². The van der Waals surface area contributed by atoms with Crippen molar-refractivity contribution in [1.82, 2.24) is 15.1 Å². The molecule has 1 atom stereocenters. The van der Waals surface area contributed by atoms with E-state index in [2.05, 4.69) is 17.3 Å². The molecular weight excluding hydrogens is 257 g/mol. The lowest BCUT2D eigenvalue weighted by molar-refractivity contribution is 0.402. The monoisotopic (exact) mass is 277 g/mol. The number of methoxy groups -OCH3 is 1. The van der Waals surface area contributed by atoms with E-state index in [1.165, 1.54) is 12.1 Å². The summed E-state index contributed by atoms with van der Waals surface area (Å²) in [5.41, 5.74) is 2.76. The molecule has 5 heteroatoms. The molecule has 0 saturated carbocycles. The van der Waals surface area contributed by atoms with Gasteiger partial charge >= 0.3 is 0 Å². The van der Waals surface area contributed by atoms with Gasteiger partial charge in [-0.15, -0.1) is 0 Å². The Bertz CT molecular complexity index is 595. The number of ether oxygens (including phenoxy) is 1. The molecule has 1 N–H and O–H groups in total. The molecule has 0 amide bonds. The third-order valence-corrected chi connectivity index (χ3v) is 3.42. The molecule has 1 unspecified atom stereocenters. The third kappa shape index (κ3) is 2.67. The van der Waals surface area contributed by atoms with Crippen LogP contribution in [0.15, 0.2) is 24.3 Å². The van der Waals surface area contributed by atoms with Gasteiger partial charge in [0.2, 0.25) is 0 Å². The second kappa shape index (κ2) is 6.05. The second-order valence-electron chi connectivity index (χ2n) is 4.65. The first kappa shape index (κ1) is 14.5. The number of aryl methyl sites for hydroxylation is 2. The predicted molar refractivity (Wildman–Crippen MR) is 76.4 cm³/mol. The van der Waals surface area contributed by atoms with Crippen LogP contribution in [-0.4, -0.2) is 23.9 Å². The van der Waals surface area contributed by atoms with Gasteiger partial charge in [-0.3, -0.25) is 4.68 Å². The summed E-state index contributed by atoms with van der Waals surface area (Å²) in [4.78, 5) is 0. The maximum Gasteiger partial charge on any atom is 0.124 e. The van der Waals surface area contributed by atoms with E-state index in [4.69, 9.17) is 4.74 Å². The summed E-state index contributed by atoms with van der Waals surface area (Å²) in [5.74, 6) is 0.379. The summed E-state index contributed by atoms with van der Waals surface area (Å²) >= 11 is 0. The molecule has 0 aliphatic rings. The van der Waals surface area contributed by atoms with Crippen molar-refractivity contribution in [3.63, 3.8) is 0 Å². The second-order valence-corrected chi connectivity index (χ2v) is 4.65. The van der Waals surface area contributed by atoms with Crippen molar-refractivity contribution < 1.29 is 9.13 Å². The highest BCUT2D eigenvalue weighted by molar-refractivity contribution is 5.40. The molecule has 2 rings (SSSR count). The molecule has 0 spiro atoms. The van der Waals surface area contributed by atoms with Gasteiger partial charge in [-0.05, 0) is 37.7 Å². The van der Waals surface area contributed by atoms with Gasteiger partial charge in [0.25, 0.3) is 0 Å². The number of nitrogens with one attached hydrogen (secondary N) is 1. The van der Waals surface area contributed by atoms with Gasteiger partial charge in [-0.25, -0.2) is 4.39 Å². The molecule has 4 nitrogen and oxygen atoms in total. The van der Waals surface area contributed by atoms with Crippen molar-refractivity contribution in [3.05, 3.63) is 47.0 Å². The van der Waals surface area contributed by atoms with Crippen molar-refractivity contribution >= 4 is 0 Å². The number of rotatable bonds is 5. The Morgan fingerprint density at radius 1 is 1.40 bits per heavy atom. The SMILES string of the molecule is CCc1cc(C(NC)c2cc(F)ccc2OC)n(C)n1. The maximum atomic E-state index is 13.6.